The van der Waals surface area contributed by atoms with Gasteiger partial charge in [0.2, 0.25) is 0 Å². The first-order valence-electron chi connectivity index (χ1n) is 6.12. The molecule has 0 heterocycles. The number of hydrogen-bond acceptors (Lipinski definition) is 1. The Morgan fingerprint density at radius 3 is 2.29 bits per heavy atom. The molecule has 0 radical (unpaired) electrons. The van der Waals surface area contributed by atoms with E-state index in [2.05, 4.69) is 27.8 Å². The second kappa shape index (κ2) is 6.39. The van der Waals surface area contributed by atoms with Gasteiger partial charge in [0.1, 0.15) is 0 Å². The fourth-order valence-electron chi connectivity index (χ4n) is 1.92. The van der Waals surface area contributed by atoms with E-state index in [1.165, 1.54) is 10.0 Å². The molecule has 2 heteroatoms. The number of ketones is 1. The molecule has 0 spiro atoms. The molecule has 0 fully saturated rings. The summed E-state index contributed by atoms with van der Waals surface area (Å²) in [6.45, 7) is 2.15. The van der Waals surface area contributed by atoms with Gasteiger partial charge in [0.05, 0.1) is 0 Å². The van der Waals surface area contributed by atoms with Crippen LogP contribution in [-0.2, 0) is 0 Å². The number of hydrogen-bond donors (Lipinski definition) is 0. The molecule has 0 amide bonds. The van der Waals surface area contributed by atoms with E-state index < -0.39 is 18.4 Å². The summed E-state index contributed by atoms with van der Waals surface area (Å²) < 4.78 is 1.25. The van der Waals surface area contributed by atoms with Crippen LogP contribution < -0.4 is 0 Å². The summed E-state index contributed by atoms with van der Waals surface area (Å²) >= 11 is -1.74. The predicted octanol–water partition coefficient (Wildman–Crippen LogP) is 4.54. The number of benzene rings is 1. The summed E-state index contributed by atoms with van der Waals surface area (Å²) in [4.78, 5) is 19.2. The van der Waals surface area contributed by atoms with Crippen molar-refractivity contribution in [1.29, 1.82) is 0 Å². The van der Waals surface area contributed by atoms with E-state index in [0.717, 1.165) is 5.56 Å². The molecule has 0 N–H and O–H groups in total. The fraction of sp³-hybridized carbons (Fsp3) is 0.400. The predicted molar refractivity (Wildman–Crippen MR) is 77.3 cm³/mol. The first-order chi connectivity index (χ1) is 7.88. The van der Waals surface area contributed by atoms with E-state index in [0.29, 0.717) is 6.42 Å². The van der Waals surface area contributed by atoms with Crippen molar-refractivity contribution in [1.82, 2.24) is 0 Å². The molecule has 1 rings (SSSR count). The van der Waals surface area contributed by atoms with Crippen molar-refractivity contribution in [3.8, 4) is 0 Å². The molecule has 1 aromatic rings. The molecule has 17 heavy (non-hydrogen) atoms. The van der Waals surface area contributed by atoms with E-state index in [9.17, 15) is 4.79 Å². The molecular formula is C15H22OSn. The Balaban J connectivity index is 2.56. The monoisotopic (exact) mass is 338 g/mol. The van der Waals surface area contributed by atoms with Gasteiger partial charge in [-0.05, 0) is 0 Å². The summed E-state index contributed by atoms with van der Waals surface area (Å²) in [6.07, 6.45) is 2.65. The van der Waals surface area contributed by atoms with Gasteiger partial charge in [0.25, 0.3) is 0 Å². The molecule has 0 saturated heterocycles. The molecule has 0 saturated carbocycles. The third-order valence-electron chi connectivity index (χ3n) is 2.54. The minimum atomic E-state index is -1.74. The zero-order valence-electron chi connectivity index (χ0n) is 11.3. The van der Waals surface area contributed by atoms with Gasteiger partial charge >= 0.3 is 109 Å². The summed E-state index contributed by atoms with van der Waals surface area (Å²) in [5.41, 5.74) is 2.20. The molecule has 0 aliphatic rings. The Bertz CT molecular complexity index is 399. The van der Waals surface area contributed by atoms with Crippen LogP contribution in [0.4, 0.5) is 0 Å². The van der Waals surface area contributed by atoms with Crippen molar-refractivity contribution >= 4 is 24.2 Å². The number of Topliss-reactive ketones (excluding diaryl/α,β-unsaturated/α-hetero) is 1. The van der Waals surface area contributed by atoms with Gasteiger partial charge in [-0.15, -0.1) is 0 Å². The Labute approximate surface area is 109 Å². The van der Waals surface area contributed by atoms with Gasteiger partial charge in [0, 0.05) is 0 Å². The van der Waals surface area contributed by atoms with E-state index in [1.807, 2.05) is 30.3 Å². The maximum atomic E-state index is 11.9. The molecule has 0 aliphatic heterocycles. The van der Waals surface area contributed by atoms with E-state index in [-0.39, 0.29) is 5.78 Å². The van der Waals surface area contributed by atoms with E-state index >= 15 is 0 Å². The average molecular weight is 337 g/mol. The van der Waals surface area contributed by atoms with Crippen LogP contribution in [0.1, 0.15) is 23.7 Å². The van der Waals surface area contributed by atoms with Crippen LogP contribution in [0.15, 0.2) is 42.0 Å². The molecule has 0 atom stereocenters. The maximum absolute atomic E-state index is 11.9. The zero-order valence-corrected chi connectivity index (χ0v) is 14.1. The molecule has 0 bridgehead atoms. The van der Waals surface area contributed by atoms with Crippen LogP contribution in [0.2, 0.25) is 19.3 Å². The standard InChI is InChI=1S/C12H13O.3CH3.Sn/c1-10(2)8-9-12(13)11-6-4-3-5-7-11;;;;/h3-8H,1,9H2,2H3;3*1H3;/b10-8+;;;;. The average Bonchev–Trinajstić information content (AvgIpc) is 2.25. The number of rotatable bonds is 5. The van der Waals surface area contributed by atoms with Gasteiger partial charge in [-0.2, -0.15) is 0 Å². The van der Waals surface area contributed by atoms with Crippen molar-refractivity contribution in [2.45, 2.75) is 32.6 Å². The van der Waals surface area contributed by atoms with Crippen LogP contribution in [0.25, 0.3) is 0 Å². The molecule has 0 unspecified atom stereocenters. The van der Waals surface area contributed by atoms with Crippen molar-refractivity contribution in [2.75, 3.05) is 0 Å². The topological polar surface area (TPSA) is 17.1 Å². The second-order valence-corrected chi connectivity index (χ2v) is 21.4. The van der Waals surface area contributed by atoms with Gasteiger partial charge < -0.3 is 0 Å². The Morgan fingerprint density at radius 2 is 1.76 bits per heavy atom. The molecule has 1 aromatic carbocycles. The van der Waals surface area contributed by atoms with Gasteiger partial charge in [-0.3, -0.25) is 0 Å². The summed E-state index contributed by atoms with van der Waals surface area (Å²) in [5, 5.41) is 0. The van der Waals surface area contributed by atoms with E-state index in [1.54, 1.807) is 0 Å². The first-order valence-corrected chi connectivity index (χ1v) is 16.7. The van der Waals surface area contributed by atoms with Crippen LogP contribution in [0.3, 0.4) is 0 Å². The number of carbonyl (C=O) groups excluding carboxylic acids is 1. The normalized spacial score (nSPS) is 12.6. The first kappa shape index (κ1) is 14.5. The quantitative estimate of drug-likeness (QED) is 0.438. The molecular weight excluding hydrogens is 315 g/mol. The Hall–Kier alpha value is -0.571. The van der Waals surface area contributed by atoms with Crippen LogP contribution in [-0.4, -0.2) is 24.2 Å². The SMILES string of the molecule is C/C(=C/CC(=O)c1ccccc1)[CH2][Sn]([CH3])([CH3])[CH3]. The van der Waals surface area contributed by atoms with Crippen LogP contribution in [0, 0.1) is 0 Å². The van der Waals surface area contributed by atoms with Crippen LogP contribution >= 0.6 is 0 Å². The summed E-state index contributed by atoms with van der Waals surface area (Å²) in [6, 6.07) is 9.53. The van der Waals surface area contributed by atoms with Gasteiger partial charge in [-0.25, -0.2) is 0 Å². The van der Waals surface area contributed by atoms with Crippen molar-refractivity contribution in [3.05, 3.63) is 47.5 Å². The van der Waals surface area contributed by atoms with Crippen molar-refractivity contribution in [2.24, 2.45) is 0 Å². The third kappa shape index (κ3) is 6.06. The Kier molecular flexibility index (Phi) is 5.44. The minimum absolute atomic E-state index is 0.217. The Morgan fingerprint density at radius 1 is 1.18 bits per heavy atom. The molecule has 0 aliphatic carbocycles. The van der Waals surface area contributed by atoms with Crippen molar-refractivity contribution < 1.29 is 4.79 Å². The van der Waals surface area contributed by atoms with Gasteiger partial charge in [-0.1, -0.05) is 0 Å². The molecule has 1 nitrogen and oxygen atoms in total. The number of allylic oxidation sites excluding steroid dienone is 2. The number of carbonyl (C=O) groups is 1. The van der Waals surface area contributed by atoms with Crippen LogP contribution in [0.5, 0.6) is 0 Å². The van der Waals surface area contributed by atoms with E-state index in [4.69, 9.17) is 0 Å². The zero-order chi connectivity index (χ0) is 12.9. The third-order valence-corrected chi connectivity index (χ3v) is 7.16. The molecule has 92 valence electrons. The summed E-state index contributed by atoms with van der Waals surface area (Å²) in [5.74, 6) is 0.217. The molecule has 0 aromatic heterocycles. The summed E-state index contributed by atoms with van der Waals surface area (Å²) in [7, 11) is 0. The van der Waals surface area contributed by atoms with Gasteiger partial charge in [0.15, 0.2) is 0 Å². The second-order valence-electron chi connectivity index (χ2n) is 5.78. The van der Waals surface area contributed by atoms with Crippen molar-refractivity contribution in [3.63, 3.8) is 0 Å². The fourth-order valence-corrected chi connectivity index (χ4v) is 7.10.